The molecular weight excluding hydrogens is 262 g/mol. The standard InChI is InChI=1S/C18H21NO2/c1-4-21-18-11-10-15(14(2)20)12-16(18)13-19(3)17-8-6-5-7-9-17/h5-12H,4,13H2,1-3H3. The van der Waals surface area contributed by atoms with Crippen LogP contribution in [0.5, 0.6) is 5.75 Å². The monoisotopic (exact) mass is 283 g/mol. The number of benzene rings is 2. The van der Waals surface area contributed by atoms with E-state index in [4.69, 9.17) is 4.74 Å². The number of ether oxygens (including phenoxy) is 1. The second-order valence-electron chi connectivity index (χ2n) is 5.00. The Hall–Kier alpha value is -2.29. The summed E-state index contributed by atoms with van der Waals surface area (Å²) in [6.45, 7) is 4.85. The fourth-order valence-electron chi connectivity index (χ4n) is 2.25. The van der Waals surface area contributed by atoms with Crippen LogP contribution in [0.15, 0.2) is 48.5 Å². The van der Waals surface area contributed by atoms with Gasteiger partial charge in [0.05, 0.1) is 6.61 Å². The molecule has 3 nitrogen and oxygen atoms in total. The van der Waals surface area contributed by atoms with Gasteiger partial charge in [-0.05, 0) is 44.2 Å². The minimum Gasteiger partial charge on any atom is -0.494 e. The Kier molecular flexibility index (Phi) is 4.99. The van der Waals surface area contributed by atoms with Crippen molar-refractivity contribution in [1.29, 1.82) is 0 Å². The van der Waals surface area contributed by atoms with Gasteiger partial charge in [-0.15, -0.1) is 0 Å². The SMILES string of the molecule is CCOc1ccc(C(C)=O)cc1CN(C)c1ccccc1. The molecule has 0 atom stereocenters. The van der Waals surface area contributed by atoms with Crippen LogP contribution in [0.1, 0.15) is 29.8 Å². The summed E-state index contributed by atoms with van der Waals surface area (Å²) in [7, 11) is 2.03. The first-order chi connectivity index (χ1) is 10.1. The molecule has 0 aliphatic carbocycles. The summed E-state index contributed by atoms with van der Waals surface area (Å²) in [6.07, 6.45) is 0. The van der Waals surface area contributed by atoms with Gasteiger partial charge in [-0.2, -0.15) is 0 Å². The van der Waals surface area contributed by atoms with Crippen LogP contribution in [0, 0.1) is 0 Å². The minimum atomic E-state index is 0.0710. The van der Waals surface area contributed by atoms with E-state index in [0.29, 0.717) is 13.2 Å². The molecule has 21 heavy (non-hydrogen) atoms. The lowest BCUT2D eigenvalue weighted by Gasteiger charge is -2.21. The Bertz CT molecular complexity index is 608. The predicted molar refractivity (Wildman–Crippen MR) is 86.2 cm³/mol. The number of hydrogen-bond donors (Lipinski definition) is 0. The fraction of sp³-hybridized carbons (Fsp3) is 0.278. The average molecular weight is 283 g/mol. The molecule has 0 bridgehead atoms. The van der Waals surface area contributed by atoms with E-state index < -0.39 is 0 Å². The van der Waals surface area contributed by atoms with Crippen molar-refractivity contribution < 1.29 is 9.53 Å². The number of anilines is 1. The Morgan fingerprint density at radius 3 is 2.48 bits per heavy atom. The molecule has 0 saturated heterocycles. The van der Waals surface area contributed by atoms with Gasteiger partial charge < -0.3 is 9.64 Å². The highest BCUT2D eigenvalue weighted by molar-refractivity contribution is 5.94. The summed E-state index contributed by atoms with van der Waals surface area (Å²) in [5, 5.41) is 0. The molecule has 2 aromatic rings. The second kappa shape index (κ2) is 6.93. The van der Waals surface area contributed by atoms with E-state index in [0.717, 1.165) is 22.6 Å². The van der Waals surface area contributed by atoms with E-state index in [1.165, 1.54) is 0 Å². The molecule has 0 amide bonds. The quantitative estimate of drug-likeness (QED) is 0.752. The molecule has 2 aromatic carbocycles. The zero-order valence-electron chi connectivity index (χ0n) is 12.8. The van der Waals surface area contributed by atoms with Crippen molar-refractivity contribution in [2.75, 3.05) is 18.6 Å². The molecule has 2 rings (SSSR count). The molecule has 0 unspecified atom stereocenters. The van der Waals surface area contributed by atoms with Crippen LogP contribution >= 0.6 is 0 Å². The average Bonchev–Trinajstić information content (AvgIpc) is 2.50. The zero-order valence-corrected chi connectivity index (χ0v) is 12.8. The van der Waals surface area contributed by atoms with E-state index >= 15 is 0 Å². The van der Waals surface area contributed by atoms with Gasteiger partial charge in [0, 0.05) is 30.4 Å². The molecule has 0 fully saturated rings. The van der Waals surface area contributed by atoms with E-state index in [1.54, 1.807) is 6.92 Å². The smallest absolute Gasteiger partial charge is 0.159 e. The van der Waals surface area contributed by atoms with Crippen LogP contribution in [0.25, 0.3) is 0 Å². The van der Waals surface area contributed by atoms with Gasteiger partial charge in [0.15, 0.2) is 5.78 Å². The highest BCUT2D eigenvalue weighted by atomic mass is 16.5. The molecule has 0 saturated carbocycles. The van der Waals surface area contributed by atoms with Gasteiger partial charge >= 0.3 is 0 Å². The maximum absolute atomic E-state index is 11.6. The third kappa shape index (κ3) is 3.85. The third-order valence-electron chi connectivity index (χ3n) is 3.37. The van der Waals surface area contributed by atoms with Crippen molar-refractivity contribution in [3.8, 4) is 5.75 Å². The summed E-state index contributed by atoms with van der Waals surface area (Å²) >= 11 is 0. The molecule has 0 aromatic heterocycles. The van der Waals surface area contributed by atoms with Gasteiger partial charge in [0.1, 0.15) is 5.75 Å². The Morgan fingerprint density at radius 2 is 1.86 bits per heavy atom. The molecule has 0 spiro atoms. The molecule has 3 heteroatoms. The van der Waals surface area contributed by atoms with Crippen molar-refractivity contribution in [2.24, 2.45) is 0 Å². The first-order valence-corrected chi connectivity index (χ1v) is 7.14. The topological polar surface area (TPSA) is 29.5 Å². The highest BCUT2D eigenvalue weighted by Gasteiger charge is 2.10. The van der Waals surface area contributed by atoms with Crippen molar-refractivity contribution in [3.05, 3.63) is 59.7 Å². The highest BCUT2D eigenvalue weighted by Crippen LogP contribution is 2.24. The molecule has 0 radical (unpaired) electrons. The van der Waals surface area contributed by atoms with E-state index in [-0.39, 0.29) is 5.78 Å². The third-order valence-corrected chi connectivity index (χ3v) is 3.37. The molecule has 0 aliphatic rings. The summed E-state index contributed by atoms with van der Waals surface area (Å²) < 4.78 is 5.67. The van der Waals surface area contributed by atoms with Crippen LogP contribution in [0.3, 0.4) is 0 Å². The number of ketones is 1. The maximum Gasteiger partial charge on any atom is 0.159 e. The summed E-state index contributed by atoms with van der Waals surface area (Å²) in [5.74, 6) is 0.909. The van der Waals surface area contributed by atoms with Crippen LogP contribution in [-0.4, -0.2) is 19.4 Å². The largest absolute Gasteiger partial charge is 0.494 e. The molecule has 0 N–H and O–H groups in total. The van der Waals surface area contributed by atoms with Gasteiger partial charge in [0.25, 0.3) is 0 Å². The number of Topliss-reactive ketones (excluding diaryl/α,β-unsaturated/α-hetero) is 1. The van der Waals surface area contributed by atoms with Gasteiger partial charge in [-0.25, -0.2) is 0 Å². The number of nitrogens with zero attached hydrogens (tertiary/aromatic N) is 1. The first kappa shape index (κ1) is 15.1. The number of hydrogen-bond acceptors (Lipinski definition) is 3. The maximum atomic E-state index is 11.6. The summed E-state index contributed by atoms with van der Waals surface area (Å²) in [4.78, 5) is 13.7. The van der Waals surface area contributed by atoms with E-state index in [1.807, 2.05) is 50.4 Å². The Labute approximate surface area is 126 Å². The lowest BCUT2D eigenvalue weighted by molar-refractivity contribution is 0.101. The van der Waals surface area contributed by atoms with Gasteiger partial charge in [-0.1, -0.05) is 18.2 Å². The molecule has 110 valence electrons. The Morgan fingerprint density at radius 1 is 1.14 bits per heavy atom. The van der Waals surface area contributed by atoms with E-state index in [2.05, 4.69) is 17.0 Å². The van der Waals surface area contributed by atoms with Crippen LogP contribution in [0.4, 0.5) is 5.69 Å². The van der Waals surface area contributed by atoms with Crippen molar-refractivity contribution in [1.82, 2.24) is 0 Å². The van der Waals surface area contributed by atoms with Crippen molar-refractivity contribution in [2.45, 2.75) is 20.4 Å². The minimum absolute atomic E-state index is 0.0710. The van der Waals surface area contributed by atoms with Crippen LogP contribution in [0.2, 0.25) is 0 Å². The zero-order chi connectivity index (χ0) is 15.2. The second-order valence-corrected chi connectivity index (χ2v) is 5.00. The van der Waals surface area contributed by atoms with E-state index in [9.17, 15) is 4.79 Å². The number of carbonyl (C=O) groups is 1. The van der Waals surface area contributed by atoms with Crippen molar-refractivity contribution >= 4 is 11.5 Å². The fourth-order valence-corrected chi connectivity index (χ4v) is 2.25. The van der Waals surface area contributed by atoms with Gasteiger partial charge in [-0.3, -0.25) is 4.79 Å². The first-order valence-electron chi connectivity index (χ1n) is 7.14. The number of carbonyl (C=O) groups excluding carboxylic acids is 1. The number of para-hydroxylation sites is 1. The lowest BCUT2D eigenvalue weighted by atomic mass is 10.1. The Balaban J connectivity index is 2.28. The van der Waals surface area contributed by atoms with Crippen LogP contribution < -0.4 is 9.64 Å². The van der Waals surface area contributed by atoms with Crippen LogP contribution in [-0.2, 0) is 6.54 Å². The normalized spacial score (nSPS) is 10.2. The van der Waals surface area contributed by atoms with Gasteiger partial charge in [0.2, 0.25) is 0 Å². The lowest BCUT2D eigenvalue weighted by Crippen LogP contribution is -2.17. The van der Waals surface area contributed by atoms with Crippen molar-refractivity contribution in [3.63, 3.8) is 0 Å². The summed E-state index contributed by atoms with van der Waals surface area (Å²) in [5.41, 5.74) is 2.87. The molecule has 0 heterocycles. The molecule has 0 aliphatic heterocycles. The summed E-state index contributed by atoms with van der Waals surface area (Å²) in [6, 6.07) is 15.8. The predicted octanol–water partition coefficient (Wildman–Crippen LogP) is 3.92. The number of rotatable bonds is 6. The molecular formula is C18H21NO2.